The van der Waals surface area contributed by atoms with E-state index in [-0.39, 0.29) is 12.1 Å². The molecule has 8 nitrogen and oxygen atoms in total. The molecule has 2 heterocycles. The van der Waals surface area contributed by atoms with Crippen molar-refractivity contribution in [2.45, 2.75) is 40.3 Å². The fourth-order valence-corrected chi connectivity index (χ4v) is 4.60. The summed E-state index contributed by atoms with van der Waals surface area (Å²) in [4.78, 5) is 31.2. The van der Waals surface area contributed by atoms with Gasteiger partial charge in [0.2, 0.25) is 5.78 Å². The van der Waals surface area contributed by atoms with Crippen molar-refractivity contribution in [1.29, 1.82) is 0 Å². The van der Waals surface area contributed by atoms with E-state index in [1.807, 2.05) is 26.0 Å². The van der Waals surface area contributed by atoms with Gasteiger partial charge in [-0.05, 0) is 66.8 Å². The van der Waals surface area contributed by atoms with Gasteiger partial charge in [-0.25, -0.2) is 4.98 Å². The van der Waals surface area contributed by atoms with Crippen LogP contribution in [0.5, 0.6) is 17.2 Å². The molecule has 1 fully saturated rings. The Labute approximate surface area is 228 Å². The molecule has 1 aromatic heterocycles. The summed E-state index contributed by atoms with van der Waals surface area (Å²) in [5.74, 6) is -0.0270. The first-order chi connectivity index (χ1) is 18.7. The van der Waals surface area contributed by atoms with E-state index in [1.165, 1.54) is 12.0 Å². The molecule has 0 radical (unpaired) electrons. The second kappa shape index (κ2) is 12.0. The molecule has 1 atom stereocenters. The summed E-state index contributed by atoms with van der Waals surface area (Å²) in [5, 5.41) is 13.9. The Bertz CT molecular complexity index is 1380. The molecule has 0 spiro atoms. The quantitative estimate of drug-likeness (QED) is 0.225. The van der Waals surface area contributed by atoms with E-state index in [0.29, 0.717) is 47.5 Å². The molecule has 0 saturated carbocycles. The van der Waals surface area contributed by atoms with Crippen molar-refractivity contribution in [1.82, 2.24) is 4.90 Å². The maximum absolute atomic E-state index is 13.9. The largest absolute Gasteiger partial charge is 0.872 e. The van der Waals surface area contributed by atoms with E-state index >= 15 is 0 Å². The van der Waals surface area contributed by atoms with Gasteiger partial charge in [0.15, 0.2) is 23.9 Å². The first kappa shape index (κ1) is 27.7. The molecule has 1 aliphatic heterocycles. The van der Waals surface area contributed by atoms with E-state index in [4.69, 9.17) is 14.2 Å². The molecule has 1 aliphatic rings. The lowest BCUT2D eigenvalue weighted by Crippen LogP contribution is -2.29. The minimum Gasteiger partial charge on any atom is -0.872 e. The average molecular weight is 531 g/mol. The number of Topliss-reactive ketones (excluding diaryl/α,β-unsaturated/α-hetero) is 1. The van der Waals surface area contributed by atoms with Crippen molar-refractivity contribution < 1.29 is 33.9 Å². The average Bonchev–Trinajstić information content (AvgIpc) is 3.17. The van der Waals surface area contributed by atoms with Crippen LogP contribution in [0.4, 0.5) is 0 Å². The van der Waals surface area contributed by atoms with Crippen molar-refractivity contribution in [3.63, 3.8) is 0 Å². The summed E-state index contributed by atoms with van der Waals surface area (Å²) < 4.78 is 17.0. The minimum absolute atomic E-state index is 0.0960. The second-order valence-corrected chi connectivity index (χ2v) is 9.85. The van der Waals surface area contributed by atoms with Gasteiger partial charge in [0.05, 0.1) is 32.9 Å². The number of carbonyl (C=O) groups excluding carboxylic acids is 2. The fourth-order valence-electron chi connectivity index (χ4n) is 4.60. The number of pyridine rings is 1. The molecule has 3 aromatic rings. The van der Waals surface area contributed by atoms with Crippen molar-refractivity contribution >= 4 is 17.4 Å². The van der Waals surface area contributed by atoms with Crippen LogP contribution in [0.1, 0.15) is 49.1 Å². The van der Waals surface area contributed by atoms with Crippen LogP contribution in [0, 0.1) is 12.8 Å². The van der Waals surface area contributed by atoms with Crippen molar-refractivity contribution in [3.05, 3.63) is 88.8 Å². The van der Waals surface area contributed by atoms with E-state index in [1.54, 1.807) is 48.8 Å². The number of hydrogen-bond donors (Lipinski definition) is 0. The van der Waals surface area contributed by atoms with E-state index in [2.05, 4.69) is 18.8 Å². The predicted molar refractivity (Wildman–Crippen MR) is 144 cm³/mol. The van der Waals surface area contributed by atoms with Gasteiger partial charge in [0.25, 0.3) is 5.91 Å². The van der Waals surface area contributed by atoms with Gasteiger partial charge < -0.3 is 24.2 Å². The van der Waals surface area contributed by atoms with Crippen LogP contribution < -0.4 is 24.3 Å². The zero-order valence-corrected chi connectivity index (χ0v) is 22.9. The highest BCUT2D eigenvalue weighted by Gasteiger charge is 2.44. The predicted octanol–water partition coefficient (Wildman–Crippen LogP) is 3.68. The van der Waals surface area contributed by atoms with Crippen molar-refractivity contribution in [2.75, 3.05) is 20.3 Å². The van der Waals surface area contributed by atoms with Gasteiger partial charge in [-0.2, -0.15) is 0 Å². The summed E-state index contributed by atoms with van der Waals surface area (Å²) in [7, 11) is 1.52. The number of ether oxygens (including phenoxy) is 3. The van der Waals surface area contributed by atoms with Gasteiger partial charge in [-0.3, -0.25) is 9.59 Å². The van der Waals surface area contributed by atoms with Crippen LogP contribution in [-0.4, -0.2) is 36.9 Å². The number of aromatic amines is 1. The number of aromatic nitrogens is 1. The van der Waals surface area contributed by atoms with Crippen LogP contribution in [0.3, 0.4) is 0 Å². The van der Waals surface area contributed by atoms with Gasteiger partial charge in [0.1, 0.15) is 5.75 Å². The lowest BCUT2D eigenvalue weighted by Gasteiger charge is -2.28. The number of benzene rings is 2. The first-order valence-corrected chi connectivity index (χ1v) is 13.0. The lowest BCUT2D eigenvalue weighted by molar-refractivity contribution is -0.378. The van der Waals surface area contributed by atoms with Gasteiger partial charge >= 0.3 is 0 Å². The summed E-state index contributed by atoms with van der Waals surface area (Å²) >= 11 is 0. The molecule has 1 unspecified atom stereocenters. The molecule has 39 heavy (non-hydrogen) atoms. The molecule has 1 saturated heterocycles. The van der Waals surface area contributed by atoms with Gasteiger partial charge in [-0.15, -0.1) is 0 Å². The highest BCUT2D eigenvalue weighted by molar-refractivity contribution is 6.46. The molecule has 1 amide bonds. The Morgan fingerprint density at radius 3 is 2.46 bits per heavy atom. The Morgan fingerprint density at radius 1 is 1.05 bits per heavy atom. The Kier molecular flexibility index (Phi) is 8.54. The number of aryl methyl sites for hydroxylation is 1. The highest BCUT2D eigenvalue weighted by atomic mass is 16.5. The zero-order chi connectivity index (χ0) is 28.1. The SMILES string of the molecule is CCOc1ccc(C2C(=C([O-])c3ccc(OCC(C)C)c(C)c3)C(=O)C(=O)N2Cc2ccc[nH+]c2)cc1OC. The number of nitrogens with one attached hydrogen (secondary N) is 1. The number of carbonyl (C=O) groups is 2. The maximum Gasteiger partial charge on any atom is 0.295 e. The molecular weight excluding hydrogens is 496 g/mol. The number of methoxy groups -OCH3 is 1. The lowest BCUT2D eigenvalue weighted by atomic mass is 9.94. The van der Waals surface area contributed by atoms with E-state index < -0.39 is 23.5 Å². The minimum atomic E-state index is -0.903. The first-order valence-electron chi connectivity index (χ1n) is 13.0. The summed E-state index contributed by atoms with van der Waals surface area (Å²) in [6.45, 7) is 8.96. The third-order valence-corrected chi connectivity index (χ3v) is 6.47. The van der Waals surface area contributed by atoms with Gasteiger partial charge in [-0.1, -0.05) is 31.7 Å². The van der Waals surface area contributed by atoms with Crippen LogP contribution in [0.25, 0.3) is 5.76 Å². The number of likely N-dealkylation sites (tertiary alicyclic amines) is 1. The van der Waals surface area contributed by atoms with Crippen LogP contribution in [0.15, 0.2) is 66.5 Å². The third kappa shape index (κ3) is 5.90. The smallest absolute Gasteiger partial charge is 0.295 e. The third-order valence-electron chi connectivity index (χ3n) is 6.47. The molecule has 2 aromatic carbocycles. The van der Waals surface area contributed by atoms with E-state index in [9.17, 15) is 14.7 Å². The Balaban J connectivity index is 1.83. The normalized spacial score (nSPS) is 16.6. The molecule has 204 valence electrons. The molecule has 0 aliphatic carbocycles. The highest BCUT2D eigenvalue weighted by Crippen LogP contribution is 2.42. The summed E-state index contributed by atoms with van der Waals surface area (Å²) in [5.41, 5.74) is 2.36. The van der Waals surface area contributed by atoms with Crippen molar-refractivity contribution in [2.24, 2.45) is 5.92 Å². The second-order valence-electron chi connectivity index (χ2n) is 9.85. The summed E-state index contributed by atoms with van der Waals surface area (Å²) in [6, 6.07) is 13.0. The van der Waals surface area contributed by atoms with E-state index in [0.717, 1.165) is 11.1 Å². The van der Waals surface area contributed by atoms with Crippen LogP contribution in [0.2, 0.25) is 0 Å². The number of nitrogens with zero attached hydrogens (tertiary/aromatic N) is 1. The van der Waals surface area contributed by atoms with Crippen molar-refractivity contribution in [3.8, 4) is 17.2 Å². The number of H-pyrrole nitrogens is 1. The van der Waals surface area contributed by atoms with Crippen LogP contribution >= 0.6 is 0 Å². The molecular formula is C31H34N2O6. The standard InChI is InChI=1S/C31H34N2O6/c1-6-38-25-12-9-22(15-26(25)37-5)28-27(30(35)31(36)33(28)17-21-8-7-13-32-16-21)29(34)23-10-11-24(20(4)14-23)39-18-19(2)3/h7-16,19,28,34H,6,17-18H2,1-5H3. The summed E-state index contributed by atoms with van der Waals surface area (Å²) in [6.07, 6.45) is 3.51. The van der Waals surface area contributed by atoms with Gasteiger partial charge in [0, 0.05) is 17.2 Å². The Morgan fingerprint density at radius 2 is 1.82 bits per heavy atom. The number of ketones is 1. The molecule has 0 bridgehead atoms. The Hall–Kier alpha value is -4.33. The zero-order valence-electron chi connectivity index (χ0n) is 22.9. The number of hydrogen-bond acceptors (Lipinski definition) is 6. The van der Waals surface area contributed by atoms with Crippen LogP contribution in [-0.2, 0) is 16.1 Å². The fraction of sp³-hybridized carbons (Fsp3) is 0.323. The monoisotopic (exact) mass is 530 g/mol. The number of amides is 1. The topological polar surface area (TPSA) is 102 Å². The maximum atomic E-state index is 13.9. The molecule has 4 rings (SSSR count). The molecule has 8 heteroatoms. The molecule has 1 N–H and O–H groups in total. The number of rotatable bonds is 10.